The summed E-state index contributed by atoms with van der Waals surface area (Å²) in [4.78, 5) is 62.1. The highest BCUT2D eigenvalue weighted by Gasteiger charge is 2.39. The molecule has 3 amide bonds. The van der Waals surface area contributed by atoms with Gasteiger partial charge < -0.3 is 31.5 Å². The van der Waals surface area contributed by atoms with Gasteiger partial charge in [-0.1, -0.05) is 20.3 Å². The molecule has 0 radical (unpaired) electrons. The van der Waals surface area contributed by atoms with Gasteiger partial charge >= 0.3 is 11.9 Å². The van der Waals surface area contributed by atoms with Crippen LogP contribution in [0.2, 0.25) is 0 Å². The third-order valence-electron chi connectivity index (χ3n) is 5.62. The summed E-state index contributed by atoms with van der Waals surface area (Å²) in [5, 5.41) is 23.6. The molecular formula is C20H34N4O7S. The van der Waals surface area contributed by atoms with Crippen LogP contribution in [-0.2, 0) is 24.0 Å². The molecule has 182 valence electrons. The van der Waals surface area contributed by atoms with Gasteiger partial charge in [-0.2, -0.15) is 11.8 Å². The van der Waals surface area contributed by atoms with E-state index in [0.717, 1.165) is 4.90 Å². The van der Waals surface area contributed by atoms with Gasteiger partial charge in [0.2, 0.25) is 17.7 Å². The second kappa shape index (κ2) is 13.3. The number of nitrogens with one attached hydrogen (secondary N) is 2. The molecule has 0 aromatic carbocycles. The van der Waals surface area contributed by atoms with Crippen LogP contribution in [0.3, 0.4) is 0 Å². The van der Waals surface area contributed by atoms with Crippen molar-refractivity contribution in [2.45, 2.75) is 70.1 Å². The van der Waals surface area contributed by atoms with Gasteiger partial charge in [0.05, 0.1) is 12.5 Å². The number of carboxylic acid groups (broad SMARTS) is 2. The molecule has 1 aliphatic rings. The number of nitrogens with zero attached hydrogens (tertiary/aromatic N) is 1. The number of hydrogen-bond acceptors (Lipinski definition) is 7. The van der Waals surface area contributed by atoms with Gasteiger partial charge in [0.25, 0.3) is 0 Å². The van der Waals surface area contributed by atoms with E-state index in [9.17, 15) is 34.2 Å². The largest absolute Gasteiger partial charge is 0.481 e. The van der Waals surface area contributed by atoms with Crippen molar-refractivity contribution in [3.8, 4) is 0 Å². The lowest BCUT2D eigenvalue weighted by atomic mass is 9.99. The van der Waals surface area contributed by atoms with Crippen molar-refractivity contribution < 1.29 is 34.2 Å². The quantitative estimate of drug-likeness (QED) is 0.238. The highest BCUT2D eigenvalue weighted by molar-refractivity contribution is 7.98. The summed E-state index contributed by atoms with van der Waals surface area (Å²) in [5.74, 6) is -4.07. The number of aliphatic carboxylic acids is 2. The third-order valence-corrected chi connectivity index (χ3v) is 6.26. The van der Waals surface area contributed by atoms with Crippen molar-refractivity contribution in [3.05, 3.63) is 0 Å². The Hall–Kier alpha value is -2.34. The van der Waals surface area contributed by atoms with Gasteiger partial charge in [0.15, 0.2) is 0 Å². The normalized spacial score (nSPS) is 19.5. The minimum absolute atomic E-state index is 0.108. The fraction of sp³-hybridized carbons (Fsp3) is 0.750. The number of likely N-dealkylation sites (tertiary alicyclic amines) is 1. The van der Waals surface area contributed by atoms with Crippen molar-refractivity contribution in [2.24, 2.45) is 11.7 Å². The number of carbonyl (C=O) groups excluding carboxylic acids is 3. The second-order valence-electron chi connectivity index (χ2n) is 7.94. The monoisotopic (exact) mass is 474 g/mol. The molecule has 5 unspecified atom stereocenters. The van der Waals surface area contributed by atoms with Crippen LogP contribution >= 0.6 is 11.8 Å². The highest BCUT2D eigenvalue weighted by atomic mass is 32.2. The molecule has 0 saturated carbocycles. The smallest absolute Gasteiger partial charge is 0.326 e. The molecule has 12 heteroatoms. The van der Waals surface area contributed by atoms with Crippen LogP contribution in [0.15, 0.2) is 0 Å². The average Bonchev–Trinajstić information content (AvgIpc) is 3.24. The van der Waals surface area contributed by atoms with E-state index in [0.29, 0.717) is 18.6 Å². The molecule has 0 aromatic rings. The van der Waals surface area contributed by atoms with Crippen molar-refractivity contribution in [1.82, 2.24) is 15.5 Å². The van der Waals surface area contributed by atoms with Crippen LogP contribution < -0.4 is 16.4 Å². The van der Waals surface area contributed by atoms with Gasteiger partial charge in [0, 0.05) is 6.54 Å². The number of amides is 3. The molecule has 11 nitrogen and oxygen atoms in total. The molecule has 1 aliphatic heterocycles. The Labute approximate surface area is 191 Å². The Kier molecular flexibility index (Phi) is 11.5. The lowest BCUT2D eigenvalue weighted by Gasteiger charge is -2.28. The summed E-state index contributed by atoms with van der Waals surface area (Å²) in [6.07, 6.45) is 2.78. The van der Waals surface area contributed by atoms with Crippen molar-refractivity contribution in [2.75, 3.05) is 18.6 Å². The number of hydrogen-bond donors (Lipinski definition) is 5. The van der Waals surface area contributed by atoms with Crippen LogP contribution in [0.5, 0.6) is 0 Å². The Morgan fingerprint density at radius 2 is 1.75 bits per heavy atom. The van der Waals surface area contributed by atoms with E-state index >= 15 is 0 Å². The second-order valence-corrected chi connectivity index (χ2v) is 8.93. The number of carboxylic acids is 2. The minimum atomic E-state index is -1.45. The van der Waals surface area contributed by atoms with Crippen molar-refractivity contribution in [1.29, 1.82) is 0 Å². The molecule has 1 saturated heterocycles. The van der Waals surface area contributed by atoms with Crippen molar-refractivity contribution >= 4 is 41.4 Å². The molecule has 1 rings (SSSR count). The van der Waals surface area contributed by atoms with Crippen LogP contribution in [0.1, 0.15) is 46.0 Å². The summed E-state index contributed by atoms with van der Waals surface area (Å²) in [5.41, 5.74) is 5.95. The summed E-state index contributed by atoms with van der Waals surface area (Å²) in [6.45, 7) is 3.87. The Balaban J connectivity index is 2.99. The Morgan fingerprint density at radius 1 is 1.12 bits per heavy atom. The third kappa shape index (κ3) is 7.97. The molecule has 5 atom stereocenters. The van der Waals surface area contributed by atoms with E-state index in [1.54, 1.807) is 0 Å². The highest BCUT2D eigenvalue weighted by Crippen LogP contribution is 2.19. The first-order valence-corrected chi connectivity index (χ1v) is 12.0. The molecule has 32 heavy (non-hydrogen) atoms. The van der Waals surface area contributed by atoms with Gasteiger partial charge in [-0.25, -0.2) is 4.79 Å². The van der Waals surface area contributed by atoms with Gasteiger partial charge in [-0.05, 0) is 37.2 Å². The van der Waals surface area contributed by atoms with Crippen LogP contribution in [-0.4, -0.2) is 87.5 Å². The van der Waals surface area contributed by atoms with Crippen LogP contribution in [0.4, 0.5) is 0 Å². The van der Waals surface area contributed by atoms with E-state index < -0.39 is 60.2 Å². The maximum atomic E-state index is 12.9. The molecule has 6 N–H and O–H groups in total. The molecule has 1 fully saturated rings. The molecular weight excluding hydrogens is 440 g/mol. The summed E-state index contributed by atoms with van der Waals surface area (Å²) in [6, 6.07) is -4.34. The van der Waals surface area contributed by atoms with E-state index in [1.807, 2.05) is 20.1 Å². The first-order chi connectivity index (χ1) is 15.0. The van der Waals surface area contributed by atoms with E-state index in [2.05, 4.69) is 10.6 Å². The zero-order valence-electron chi connectivity index (χ0n) is 18.7. The molecule has 0 aromatic heterocycles. The topological polar surface area (TPSA) is 179 Å². The number of thioether (sulfide) groups is 1. The predicted molar refractivity (Wildman–Crippen MR) is 119 cm³/mol. The lowest BCUT2D eigenvalue weighted by molar-refractivity contribution is -0.150. The standard InChI is InChI=1S/C20H34N4O7S/c1-4-11(2)16(21)18(28)22-12(7-9-32-3)17(27)23-13(10-15(25)26)19(29)24-8-5-6-14(24)20(30)31/h11-14,16H,4-10,21H2,1-3H3,(H,22,28)(H,23,27)(H,25,26)(H,30,31). The van der Waals surface area contributed by atoms with E-state index in [-0.39, 0.29) is 25.3 Å². The molecule has 0 aliphatic carbocycles. The maximum absolute atomic E-state index is 12.9. The molecule has 0 spiro atoms. The minimum Gasteiger partial charge on any atom is -0.481 e. The van der Waals surface area contributed by atoms with Gasteiger partial charge in [-0.3, -0.25) is 19.2 Å². The van der Waals surface area contributed by atoms with Crippen LogP contribution in [0.25, 0.3) is 0 Å². The van der Waals surface area contributed by atoms with E-state index in [4.69, 9.17) is 5.73 Å². The summed E-state index contributed by atoms with van der Waals surface area (Å²) in [7, 11) is 0. The fourth-order valence-corrected chi connectivity index (χ4v) is 3.89. The first-order valence-electron chi connectivity index (χ1n) is 10.6. The number of nitrogens with two attached hydrogens (primary N) is 1. The van der Waals surface area contributed by atoms with Gasteiger partial charge in [0.1, 0.15) is 18.1 Å². The number of carbonyl (C=O) groups is 5. The molecule has 0 bridgehead atoms. The SMILES string of the molecule is CCC(C)C(N)C(=O)NC(CCSC)C(=O)NC(CC(=O)O)C(=O)N1CCCC1C(=O)O. The zero-order valence-corrected chi connectivity index (χ0v) is 19.5. The Morgan fingerprint density at radius 3 is 2.28 bits per heavy atom. The summed E-state index contributed by atoms with van der Waals surface area (Å²) >= 11 is 1.46. The van der Waals surface area contributed by atoms with Gasteiger partial charge in [-0.15, -0.1) is 0 Å². The van der Waals surface area contributed by atoms with E-state index in [1.165, 1.54) is 11.8 Å². The number of rotatable bonds is 13. The maximum Gasteiger partial charge on any atom is 0.326 e. The zero-order chi connectivity index (χ0) is 24.4. The summed E-state index contributed by atoms with van der Waals surface area (Å²) < 4.78 is 0. The fourth-order valence-electron chi connectivity index (χ4n) is 3.42. The van der Waals surface area contributed by atoms with Crippen molar-refractivity contribution in [3.63, 3.8) is 0 Å². The van der Waals surface area contributed by atoms with Crippen LogP contribution in [0, 0.1) is 5.92 Å². The molecule has 1 heterocycles. The predicted octanol–water partition coefficient (Wildman–Crippen LogP) is -0.367. The lowest BCUT2D eigenvalue weighted by Crippen LogP contribution is -2.58. The Bertz CT molecular complexity index is 705. The first kappa shape index (κ1) is 27.7. The average molecular weight is 475 g/mol.